The second-order valence-corrected chi connectivity index (χ2v) is 6.67. The summed E-state index contributed by atoms with van der Waals surface area (Å²) in [6.07, 6.45) is 3.38. The maximum Gasteiger partial charge on any atom is 0.218 e. The van der Waals surface area contributed by atoms with Gasteiger partial charge in [-0.25, -0.2) is 4.98 Å². The Kier molecular flexibility index (Phi) is 4.84. The Morgan fingerprint density at radius 3 is 2.56 bits per heavy atom. The van der Waals surface area contributed by atoms with Crippen molar-refractivity contribution in [3.63, 3.8) is 0 Å². The van der Waals surface area contributed by atoms with Gasteiger partial charge in [-0.3, -0.25) is 0 Å². The zero-order valence-electron chi connectivity index (χ0n) is 14.3. The molecule has 134 valence electrons. The topological polar surface area (TPSA) is 39.4 Å². The molecule has 0 unspecified atom stereocenters. The lowest BCUT2D eigenvalue weighted by molar-refractivity contribution is 0.338. The van der Waals surface area contributed by atoms with Gasteiger partial charge in [0, 0.05) is 22.8 Å². The van der Waals surface area contributed by atoms with Crippen LogP contribution in [0.3, 0.4) is 0 Å². The number of rotatable bonds is 5. The van der Waals surface area contributed by atoms with E-state index >= 15 is 0 Å². The third-order valence-corrected chi connectivity index (χ3v) is 4.68. The molecule has 2 heterocycles. The number of benzene rings is 2. The predicted molar refractivity (Wildman–Crippen MR) is 110 cm³/mol. The zero-order chi connectivity index (χ0) is 18.8. The molecule has 4 nitrogen and oxygen atoms in total. The molecule has 0 fully saturated rings. The highest BCUT2D eigenvalue weighted by Gasteiger charge is 2.21. The van der Waals surface area contributed by atoms with Crippen molar-refractivity contribution in [2.24, 2.45) is 0 Å². The van der Waals surface area contributed by atoms with Crippen molar-refractivity contribution < 1.29 is 4.74 Å². The SMILES string of the molecule is C=CCOc1ccnc2c(-c3ccc(Cl)cc3)c(-c3ccccc3Cl)nn12. The second-order valence-electron chi connectivity index (χ2n) is 5.83. The number of nitrogens with zero attached hydrogens (tertiary/aromatic N) is 3. The van der Waals surface area contributed by atoms with E-state index in [1.807, 2.05) is 48.5 Å². The third-order valence-electron chi connectivity index (χ3n) is 4.09. The van der Waals surface area contributed by atoms with E-state index in [4.69, 9.17) is 33.0 Å². The van der Waals surface area contributed by atoms with Crippen molar-refractivity contribution in [2.45, 2.75) is 0 Å². The standard InChI is InChI=1S/C21H15Cl2N3O/c1-2-13-27-18-11-12-24-21-19(14-7-9-15(22)10-8-14)20(25-26(18)21)16-5-3-4-6-17(16)23/h2-12H,1,13H2. The quantitative estimate of drug-likeness (QED) is 0.392. The second kappa shape index (κ2) is 7.43. The molecule has 0 N–H and O–H groups in total. The van der Waals surface area contributed by atoms with Crippen LogP contribution in [0.2, 0.25) is 10.0 Å². The Labute approximate surface area is 166 Å². The fourth-order valence-electron chi connectivity index (χ4n) is 2.90. The third kappa shape index (κ3) is 3.29. The molecule has 0 saturated carbocycles. The van der Waals surface area contributed by atoms with Crippen LogP contribution in [-0.2, 0) is 0 Å². The van der Waals surface area contributed by atoms with Crippen LogP contribution in [0.15, 0.2) is 73.4 Å². The Morgan fingerprint density at radius 2 is 1.81 bits per heavy atom. The van der Waals surface area contributed by atoms with Gasteiger partial charge in [-0.15, -0.1) is 0 Å². The van der Waals surface area contributed by atoms with Gasteiger partial charge in [0.15, 0.2) is 5.65 Å². The number of hydrogen-bond donors (Lipinski definition) is 0. The van der Waals surface area contributed by atoms with E-state index < -0.39 is 0 Å². The molecular formula is C21H15Cl2N3O. The summed E-state index contributed by atoms with van der Waals surface area (Å²) in [5, 5.41) is 6.05. The van der Waals surface area contributed by atoms with Gasteiger partial charge in [-0.2, -0.15) is 9.61 Å². The highest BCUT2D eigenvalue weighted by molar-refractivity contribution is 6.33. The van der Waals surface area contributed by atoms with Gasteiger partial charge >= 0.3 is 0 Å². The molecule has 0 atom stereocenters. The highest BCUT2D eigenvalue weighted by Crippen LogP contribution is 2.38. The monoisotopic (exact) mass is 395 g/mol. The Balaban J connectivity index is 2.03. The average Bonchev–Trinajstić information content (AvgIpc) is 3.07. The van der Waals surface area contributed by atoms with E-state index in [0.717, 1.165) is 22.4 Å². The first kappa shape index (κ1) is 17.6. The molecule has 0 radical (unpaired) electrons. The highest BCUT2D eigenvalue weighted by atomic mass is 35.5. The summed E-state index contributed by atoms with van der Waals surface area (Å²) in [6, 6.07) is 16.9. The molecule has 0 spiro atoms. The minimum Gasteiger partial charge on any atom is -0.473 e. The van der Waals surface area contributed by atoms with Crippen molar-refractivity contribution in [3.8, 4) is 28.3 Å². The van der Waals surface area contributed by atoms with E-state index in [1.165, 1.54) is 0 Å². The number of halogens is 2. The van der Waals surface area contributed by atoms with Gasteiger partial charge in [-0.05, 0) is 23.8 Å². The normalized spacial score (nSPS) is 10.9. The van der Waals surface area contributed by atoms with Gasteiger partial charge in [0.1, 0.15) is 12.3 Å². The first-order chi connectivity index (χ1) is 13.2. The Morgan fingerprint density at radius 1 is 1.04 bits per heavy atom. The molecule has 0 saturated heterocycles. The number of hydrogen-bond acceptors (Lipinski definition) is 3. The Hall–Kier alpha value is -2.82. The summed E-state index contributed by atoms with van der Waals surface area (Å²) in [5.74, 6) is 0.577. The lowest BCUT2D eigenvalue weighted by Gasteiger charge is -2.06. The minimum atomic E-state index is 0.372. The molecule has 4 aromatic rings. The van der Waals surface area contributed by atoms with Crippen LogP contribution in [-0.4, -0.2) is 21.2 Å². The van der Waals surface area contributed by atoms with Crippen molar-refractivity contribution in [1.82, 2.24) is 14.6 Å². The van der Waals surface area contributed by atoms with Crippen LogP contribution in [0.1, 0.15) is 0 Å². The Bertz CT molecular complexity index is 1120. The fourth-order valence-corrected chi connectivity index (χ4v) is 3.25. The summed E-state index contributed by atoms with van der Waals surface area (Å²) in [4.78, 5) is 4.54. The first-order valence-electron chi connectivity index (χ1n) is 8.31. The molecule has 0 aliphatic rings. The van der Waals surface area contributed by atoms with Crippen LogP contribution in [0, 0.1) is 0 Å². The largest absolute Gasteiger partial charge is 0.473 e. The van der Waals surface area contributed by atoms with E-state index in [-0.39, 0.29) is 0 Å². The molecular weight excluding hydrogens is 381 g/mol. The van der Waals surface area contributed by atoms with Crippen molar-refractivity contribution in [3.05, 3.63) is 83.5 Å². The maximum absolute atomic E-state index is 6.46. The van der Waals surface area contributed by atoms with Gasteiger partial charge in [-0.1, -0.05) is 66.2 Å². The lowest BCUT2D eigenvalue weighted by atomic mass is 10.0. The summed E-state index contributed by atoms with van der Waals surface area (Å²) >= 11 is 12.5. The van der Waals surface area contributed by atoms with Crippen LogP contribution in [0.25, 0.3) is 28.0 Å². The summed E-state index contributed by atoms with van der Waals surface area (Å²) < 4.78 is 7.43. The van der Waals surface area contributed by atoms with Crippen LogP contribution in [0.4, 0.5) is 0 Å². The van der Waals surface area contributed by atoms with Crippen LogP contribution >= 0.6 is 23.2 Å². The van der Waals surface area contributed by atoms with Gasteiger partial charge < -0.3 is 4.74 Å². The zero-order valence-corrected chi connectivity index (χ0v) is 15.8. The molecule has 0 amide bonds. The molecule has 0 bridgehead atoms. The average molecular weight is 396 g/mol. The maximum atomic E-state index is 6.46. The minimum absolute atomic E-state index is 0.372. The van der Waals surface area contributed by atoms with Crippen molar-refractivity contribution in [1.29, 1.82) is 0 Å². The molecule has 27 heavy (non-hydrogen) atoms. The summed E-state index contributed by atoms with van der Waals surface area (Å²) in [7, 11) is 0. The summed E-state index contributed by atoms with van der Waals surface area (Å²) in [6.45, 7) is 4.07. The number of ether oxygens (including phenoxy) is 1. The molecule has 2 aromatic carbocycles. The molecule has 0 aliphatic carbocycles. The van der Waals surface area contributed by atoms with E-state index in [2.05, 4.69) is 11.6 Å². The fraction of sp³-hybridized carbons (Fsp3) is 0.0476. The van der Waals surface area contributed by atoms with E-state index in [9.17, 15) is 0 Å². The predicted octanol–water partition coefficient (Wildman–Crippen LogP) is 5.93. The van der Waals surface area contributed by atoms with E-state index in [0.29, 0.717) is 28.2 Å². The van der Waals surface area contributed by atoms with E-state index in [1.54, 1.807) is 22.9 Å². The van der Waals surface area contributed by atoms with Crippen molar-refractivity contribution in [2.75, 3.05) is 6.61 Å². The smallest absolute Gasteiger partial charge is 0.218 e. The molecule has 6 heteroatoms. The van der Waals surface area contributed by atoms with Crippen molar-refractivity contribution >= 4 is 28.8 Å². The number of aromatic nitrogens is 3. The molecule has 4 rings (SSSR count). The summed E-state index contributed by atoms with van der Waals surface area (Å²) in [5.41, 5.74) is 4.03. The van der Waals surface area contributed by atoms with Gasteiger partial charge in [0.25, 0.3) is 0 Å². The van der Waals surface area contributed by atoms with Crippen LogP contribution < -0.4 is 4.74 Å². The lowest BCUT2D eigenvalue weighted by Crippen LogP contribution is -2.01. The van der Waals surface area contributed by atoms with Gasteiger partial charge in [0.05, 0.1) is 10.6 Å². The molecule has 0 aliphatic heterocycles. The first-order valence-corrected chi connectivity index (χ1v) is 9.07. The number of fused-ring (bicyclic) bond motifs is 1. The van der Waals surface area contributed by atoms with Crippen LogP contribution in [0.5, 0.6) is 5.88 Å². The molecule has 2 aromatic heterocycles. The van der Waals surface area contributed by atoms with Gasteiger partial charge in [0.2, 0.25) is 5.88 Å².